The maximum absolute atomic E-state index is 4.12. The van der Waals surface area contributed by atoms with Gasteiger partial charge in [-0.05, 0) is 33.4 Å². The van der Waals surface area contributed by atoms with Gasteiger partial charge in [-0.2, -0.15) is 0 Å². The van der Waals surface area contributed by atoms with Crippen LogP contribution in [0.1, 0.15) is 41.0 Å². The third-order valence-electron chi connectivity index (χ3n) is 2.85. The minimum Gasteiger partial charge on any atom is -0.295 e. The van der Waals surface area contributed by atoms with Gasteiger partial charge in [0.15, 0.2) is 0 Å². The highest BCUT2D eigenvalue weighted by atomic mass is 15.2. The Morgan fingerprint density at radius 2 is 1.58 bits per heavy atom. The Morgan fingerprint density at radius 3 is 1.83 bits per heavy atom. The second kappa shape index (κ2) is 4.66. The summed E-state index contributed by atoms with van der Waals surface area (Å²) in [5, 5.41) is 0. The Balaban J connectivity index is 4.44. The number of hydrogen-bond donors (Lipinski definition) is 0. The van der Waals surface area contributed by atoms with Gasteiger partial charge in [-0.3, -0.25) is 4.90 Å². The topological polar surface area (TPSA) is 3.24 Å². The number of nitrogens with zero attached hydrogens (tertiary/aromatic N) is 1. The minimum absolute atomic E-state index is 0.165. The van der Waals surface area contributed by atoms with Gasteiger partial charge in [0.1, 0.15) is 0 Å². The second-order valence-corrected chi connectivity index (χ2v) is 3.69. The molecule has 0 aliphatic heterocycles. The highest BCUT2D eigenvalue weighted by Crippen LogP contribution is 2.24. The monoisotopic (exact) mass is 169 g/mol. The number of likely N-dealkylation sites (N-methyl/N-ethyl adjacent to an activating group) is 1. The zero-order chi connectivity index (χ0) is 9.78. The summed E-state index contributed by atoms with van der Waals surface area (Å²) in [6.07, 6.45) is 1.07. The normalized spacial score (nSPS) is 12.2. The molecule has 1 heteroatoms. The predicted octanol–water partition coefficient (Wildman–Crippen LogP) is 3.07. The molecule has 72 valence electrons. The van der Waals surface area contributed by atoms with E-state index in [1.807, 2.05) is 0 Å². The second-order valence-electron chi connectivity index (χ2n) is 3.69. The lowest BCUT2D eigenvalue weighted by molar-refractivity contribution is 0.166. The largest absolute Gasteiger partial charge is 0.295 e. The molecule has 12 heavy (non-hydrogen) atoms. The smallest absolute Gasteiger partial charge is 0.0361 e. The molecule has 0 aromatic heterocycles. The predicted molar refractivity (Wildman–Crippen MR) is 56.4 cm³/mol. The molecule has 0 N–H and O–H groups in total. The van der Waals surface area contributed by atoms with Crippen LogP contribution in [0.25, 0.3) is 0 Å². The molecule has 1 nitrogen and oxygen atoms in total. The van der Waals surface area contributed by atoms with Crippen molar-refractivity contribution in [1.29, 1.82) is 0 Å². The maximum Gasteiger partial charge on any atom is 0.0361 e. The Bertz CT molecular complexity index is 143. The summed E-state index contributed by atoms with van der Waals surface area (Å²) in [6, 6.07) is 0. The Morgan fingerprint density at radius 1 is 1.17 bits per heavy atom. The van der Waals surface area contributed by atoms with Crippen LogP contribution in [0, 0.1) is 0 Å². The van der Waals surface area contributed by atoms with Crippen molar-refractivity contribution in [1.82, 2.24) is 4.90 Å². The molecular weight excluding hydrogens is 146 g/mol. The first-order valence-electron chi connectivity index (χ1n) is 4.93. The highest BCUT2D eigenvalue weighted by Gasteiger charge is 2.25. The minimum atomic E-state index is 0.165. The van der Waals surface area contributed by atoms with Crippen molar-refractivity contribution >= 4 is 0 Å². The van der Waals surface area contributed by atoms with Crippen molar-refractivity contribution in [3.05, 3.63) is 12.2 Å². The molecule has 0 aliphatic carbocycles. The zero-order valence-electron chi connectivity index (χ0n) is 9.28. The van der Waals surface area contributed by atoms with E-state index < -0.39 is 0 Å². The molecule has 0 rings (SSSR count). The van der Waals surface area contributed by atoms with Gasteiger partial charge in [0.2, 0.25) is 0 Å². The van der Waals surface area contributed by atoms with Crippen LogP contribution in [-0.2, 0) is 0 Å². The average molecular weight is 169 g/mol. The molecule has 0 heterocycles. The van der Waals surface area contributed by atoms with Crippen molar-refractivity contribution < 1.29 is 0 Å². The third-order valence-corrected chi connectivity index (χ3v) is 2.85. The van der Waals surface area contributed by atoms with Crippen molar-refractivity contribution in [2.24, 2.45) is 0 Å². The van der Waals surface area contributed by atoms with Gasteiger partial charge in [-0.15, -0.1) is 0 Å². The lowest BCUT2D eigenvalue weighted by atomic mass is 9.91. The molecule has 0 saturated carbocycles. The summed E-state index contributed by atoms with van der Waals surface area (Å²) in [5.74, 6) is 0. The molecule has 0 radical (unpaired) electrons. The van der Waals surface area contributed by atoms with Gasteiger partial charge in [0.25, 0.3) is 0 Å². The zero-order valence-corrected chi connectivity index (χ0v) is 9.28. The average Bonchev–Trinajstić information content (AvgIpc) is 2.04. The van der Waals surface area contributed by atoms with E-state index in [9.17, 15) is 0 Å². The van der Waals surface area contributed by atoms with E-state index in [1.54, 1.807) is 0 Å². The van der Waals surface area contributed by atoms with E-state index in [-0.39, 0.29) is 5.54 Å². The Labute approximate surface area is 77.5 Å². The highest BCUT2D eigenvalue weighted by molar-refractivity contribution is 5.12. The Hall–Kier alpha value is -0.300. The van der Waals surface area contributed by atoms with Gasteiger partial charge in [-0.25, -0.2) is 0 Å². The molecule has 0 fully saturated rings. The van der Waals surface area contributed by atoms with Gasteiger partial charge in [-0.1, -0.05) is 32.9 Å². The lowest BCUT2D eigenvalue weighted by Crippen LogP contribution is -2.44. The summed E-state index contributed by atoms with van der Waals surface area (Å²) in [6.45, 7) is 17.4. The molecule has 0 amide bonds. The molecule has 0 unspecified atom stereocenters. The quantitative estimate of drug-likeness (QED) is 0.572. The molecule has 0 aliphatic rings. The fourth-order valence-corrected chi connectivity index (χ4v) is 1.67. The first-order valence-corrected chi connectivity index (χ1v) is 4.93. The summed E-state index contributed by atoms with van der Waals surface area (Å²) in [5.41, 5.74) is 1.49. The van der Waals surface area contributed by atoms with Crippen LogP contribution < -0.4 is 0 Å². The van der Waals surface area contributed by atoms with Gasteiger partial charge < -0.3 is 0 Å². The molecule has 0 atom stereocenters. The lowest BCUT2D eigenvalue weighted by Gasteiger charge is -2.38. The van der Waals surface area contributed by atoms with Crippen LogP contribution in [0.4, 0.5) is 0 Å². The van der Waals surface area contributed by atoms with Gasteiger partial charge in [0.05, 0.1) is 0 Å². The van der Waals surface area contributed by atoms with E-state index in [4.69, 9.17) is 0 Å². The number of hydrogen-bond acceptors (Lipinski definition) is 1. The van der Waals surface area contributed by atoms with Crippen LogP contribution in [0.3, 0.4) is 0 Å². The van der Waals surface area contributed by atoms with E-state index in [2.05, 4.69) is 46.1 Å². The van der Waals surface area contributed by atoms with Crippen LogP contribution in [0.2, 0.25) is 0 Å². The first-order chi connectivity index (χ1) is 5.50. The molecule has 0 saturated heterocycles. The first kappa shape index (κ1) is 11.7. The van der Waals surface area contributed by atoms with Crippen LogP contribution in [-0.4, -0.2) is 23.5 Å². The molecular formula is C11H23N. The summed E-state index contributed by atoms with van der Waals surface area (Å²) >= 11 is 0. The van der Waals surface area contributed by atoms with Gasteiger partial charge in [0, 0.05) is 5.54 Å². The standard InChI is InChI=1S/C11H23N/c1-7-10(4)11(5,6)12(8-2)9-3/h4,7-9H2,1-3,5-6H3. The van der Waals surface area contributed by atoms with E-state index >= 15 is 0 Å². The van der Waals surface area contributed by atoms with Crippen molar-refractivity contribution in [2.75, 3.05) is 13.1 Å². The van der Waals surface area contributed by atoms with E-state index in [0.717, 1.165) is 19.5 Å². The van der Waals surface area contributed by atoms with E-state index in [0.29, 0.717) is 0 Å². The molecule has 0 aromatic rings. The fraction of sp³-hybridized carbons (Fsp3) is 0.818. The van der Waals surface area contributed by atoms with Crippen molar-refractivity contribution in [3.63, 3.8) is 0 Å². The Kier molecular flexibility index (Phi) is 4.54. The van der Waals surface area contributed by atoms with Crippen LogP contribution >= 0.6 is 0 Å². The SMILES string of the molecule is C=C(CC)C(C)(C)N(CC)CC. The fourth-order valence-electron chi connectivity index (χ4n) is 1.67. The number of rotatable bonds is 5. The maximum atomic E-state index is 4.12. The molecule has 0 spiro atoms. The third kappa shape index (κ3) is 2.34. The van der Waals surface area contributed by atoms with Crippen molar-refractivity contribution in [2.45, 2.75) is 46.6 Å². The van der Waals surface area contributed by atoms with Gasteiger partial charge >= 0.3 is 0 Å². The molecule has 0 aromatic carbocycles. The van der Waals surface area contributed by atoms with Crippen LogP contribution in [0.15, 0.2) is 12.2 Å². The van der Waals surface area contributed by atoms with E-state index in [1.165, 1.54) is 5.57 Å². The summed E-state index contributed by atoms with van der Waals surface area (Å²) < 4.78 is 0. The summed E-state index contributed by atoms with van der Waals surface area (Å²) in [4.78, 5) is 2.44. The summed E-state index contributed by atoms with van der Waals surface area (Å²) in [7, 11) is 0. The van der Waals surface area contributed by atoms with Crippen LogP contribution in [0.5, 0.6) is 0 Å². The van der Waals surface area contributed by atoms with Crippen molar-refractivity contribution in [3.8, 4) is 0 Å². The molecule has 0 bridgehead atoms.